The van der Waals surface area contributed by atoms with Gasteiger partial charge < -0.3 is 9.42 Å². The van der Waals surface area contributed by atoms with Crippen LogP contribution in [0.3, 0.4) is 0 Å². The molecule has 134 valence electrons. The second-order valence-electron chi connectivity index (χ2n) is 6.75. The highest BCUT2D eigenvalue weighted by Crippen LogP contribution is 2.42. The number of nitrogens with zero attached hydrogens (tertiary/aromatic N) is 5. The van der Waals surface area contributed by atoms with E-state index in [1.54, 1.807) is 12.4 Å². The predicted octanol–water partition coefficient (Wildman–Crippen LogP) is 2.76. The molecule has 0 bridgehead atoms. The van der Waals surface area contributed by atoms with Crippen LogP contribution in [0.1, 0.15) is 53.2 Å². The van der Waals surface area contributed by atoms with Gasteiger partial charge in [-0.15, -0.1) is 6.42 Å². The van der Waals surface area contributed by atoms with Crippen molar-refractivity contribution in [3.63, 3.8) is 0 Å². The highest BCUT2D eigenvalue weighted by Gasteiger charge is 2.40. The molecule has 7 heteroatoms. The Bertz CT molecular complexity index is 1100. The lowest BCUT2D eigenvalue weighted by Gasteiger charge is -2.22. The molecule has 0 N–H and O–H groups in total. The van der Waals surface area contributed by atoms with Crippen molar-refractivity contribution in [2.75, 3.05) is 6.54 Å². The molecule has 3 aromatic rings. The fourth-order valence-electron chi connectivity index (χ4n) is 3.98. The van der Waals surface area contributed by atoms with E-state index in [1.807, 2.05) is 28.5 Å². The van der Waals surface area contributed by atoms with Gasteiger partial charge in [-0.2, -0.15) is 4.98 Å². The van der Waals surface area contributed by atoms with Crippen molar-refractivity contribution in [3.05, 3.63) is 47.2 Å². The van der Waals surface area contributed by atoms with Crippen LogP contribution in [0.5, 0.6) is 0 Å². The summed E-state index contributed by atoms with van der Waals surface area (Å²) in [5.41, 5.74) is 3.61. The van der Waals surface area contributed by atoms with Gasteiger partial charge in [-0.25, -0.2) is 4.98 Å². The van der Waals surface area contributed by atoms with Gasteiger partial charge in [-0.05, 0) is 31.0 Å². The van der Waals surface area contributed by atoms with Crippen LogP contribution in [0, 0.1) is 12.3 Å². The molecule has 2 aromatic heterocycles. The summed E-state index contributed by atoms with van der Waals surface area (Å²) in [5.74, 6) is 3.64. The Morgan fingerprint density at radius 1 is 1.41 bits per heavy atom. The summed E-state index contributed by atoms with van der Waals surface area (Å²) in [5, 5.41) is 3.99. The van der Waals surface area contributed by atoms with E-state index in [9.17, 15) is 4.79 Å². The molecule has 1 fully saturated rings. The normalized spacial score (nSPS) is 17.9. The smallest absolute Gasteiger partial charge is 0.278 e. The minimum absolute atomic E-state index is 0.000902. The number of rotatable bonds is 2. The second kappa shape index (κ2) is 5.81. The number of terminal acetylenes is 1. The van der Waals surface area contributed by atoms with Gasteiger partial charge in [-0.1, -0.05) is 18.0 Å². The highest BCUT2D eigenvalue weighted by atomic mass is 16.5. The monoisotopic (exact) mass is 359 g/mol. The van der Waals surface area contributed by atoms with Gasteiger partial charge in [0, 0.05) is 18.5 Å². The van der Waals surface area contributed by atoms with Crippen LogP contribution in [0.25, 0.3) is 17.3 Å². The number of aryl methyl sites for hydroxylation is 1. The number of hydrogen-bond donors (Lipinski definition) is 0. The highest BCUT2D eigenvalue weighted by molar-refractivity contribution is 5.99. The first-order valence-electron chi connectivity index (χ1n) is 9.03. The van der Waals surface area contributed by atoms with Gasteiger partial charge in [0.2, 0.25) is 0 Å². The fourth-order valence-corrected chi connectivity index (χ4v) is 3.98. The molecule has 0 spiro atoms. The van der Waals surface area contributed by atoms with Crippen molar-refractivity contribution in [3.8, 4) is 29.6 Å². The fraction of sp³-hybridized carbons (Fsp3) is 0.300. The number of hydrogen-bond acceptors (Lipinski definition) is 5. The van der Waals surface area contributed by atoms with E-state index in [0.29, 0.717) is 41.5 Å². The number of imidazole rings is 1. The maximum absolute atomic E-state index is 13.2. The molecule has 1 amide bonds. The molecule has 1 aromatic carbocycles. The third-order valence-corrected chi connectivity index (χ3v) is 5.27. The first-order chi connectivity index (χ1) is 13.2. The maximum atomic E-state index is 13.2. The topological polar surface area (TPSA) is 77.1 Å². The molecule has 0 unspecified atom stereocenters. The molecule has 2 aliphatic heterocycles. The number of benzene rings is 1. The van der Waals surface area contributed by atoms with E-state index in [0.717, 1.165) is 24.2 Å². The van der Waals surface area contributed by atoms with Crippen LogP contribution in [-0.4, -0.2) is 37.0 Å². The van der Waals surface area contributed by atoms with Crippen LogP contribution in [0.15, 0.2) is 29.0 Å². The van der Waals surface area contributed by atoms with Crippen molar-refractivity contribution in [1.29, 1.82) is 0 Å². The Morgan fingerprint density at radius 3 is 3.07 bits per heavy atom. The van der Waals surface area contributed by atoms with Crippen LogP contribution >= 0.6 is 0 Å². The quantitative estimate of drug-likeness (QED) is 0.658. The third kappa shape index (κ3) is 2.23. The number of carbonyl (C=O) groups excluding carboxylic acids is 1. The molecule has 5 rings (SSSR count). The molecule has 0 saturated carbocycles. The van der Waals surface area contributed by atoms with E-state index in [2.05, 4.69) is 21.0 Å². The van der Waals surface area contributed by atoms with Gasteiger partial charge in [0.05, 0.1) is 23.0 Å². The van der Waals surface area contributed by atoms with Gasteiger partial charge in [0.15, 0.2) is 11.5 Å². The third-order valence-electron chi connectivity index (χ3n) is 5.27. The summed E-state index contributed by atoms with van der Waals surface area (Å²) in [7, 11) is 0. The standard InChI is InChI=1S/C20H17N5O2/c1-3-12-7-8-14-13(10-12)20(26)24-9-5-6-15(24)18-17(21-11-25(14)18)19-22-16(4-2)23-27-19/h1,7-8,10-11,15H,4-6,9H2,2H3/t15-/m0/s1. The predicted molar refractivity (Wildman–Crippen MR) is 97.2 cm³/mol. The Labute approximate surface area is 156 Å². The average Bonchev–Trinajstić information content (AvgIpc) is 3.43. The van der Waals surface area contributed by atoms with Crippen molar-refractivity contribution < 1.29 is 9.32 Å². The Morgan fingerprint density at radius 2 is 2.30 bits per heavy atom. The summed E-state index contributed by atoms with van der Waals surface area (Å²) in [6, 6.07) is 5.43. The van der Waals surface area contributed by atoms with Crippen molar-refractivity contribution in [2.24, 2.45) is 0 Å². The van der Waals surface area contributed by atoms with Crippen LogP contribution in [0.2, 0.25) is 0 Å². The average molecular weight is 359 g/mol. The molecule has 0 aliphatic carbocycles. The summed E-state index contributed by atoms with van der Waals surface area (Å²) in [6.45, 7) is 2.68. The Kier molecular flexibility index (Phi) is 3.41. The molecule has 7 nitrogen and oxygen atoms in total. The second-order valence-corrected chi connectivity index (χ2v) is 6.75. The van der Waals surface area contributed by atoms with Crippen LogP contribution in [0.4, 0.5) is 0 Å². The van der Waals surface area contributed by atoms with Crippen molar-refractivity contribution >= 4 is 5.91 Å². The molecule has 1 atom stereocenters. The Balaban J connectivity index is 1.76. The summed E-state index contributed by atoms with van der Waals surface area (Å²) in [6.07, 6.45) is 9.76. The first kappa shape index (κ1) is 15.8. The van der Waals surface area contributed by atoms with Crippen LogP contribution in [-0.2, 0) is 6.42 Å². The Hall–Kier alpha value is -3.40. The van der Waals surface area contributed by atoms with Gasteiger partial charge >= 0.3 is 0 Å². The molecule has 1 saturated heterocycles. The lowest BCUT2D eigenvalue weighted by atomic mass is 10.1. The van der Waals surface area contributed by atoms with E-state index in [1.165, 1.54) is 0 Å². The zero-order valence-corrected chi connectivity index (χ0v) is 14.8. The van der Waals surface area contributed by atoms with E-state index >= 15 is 0 Å². The molecular formula is C20H17N5O2. The maximum Gasteiger partial charge on any atom is 0.278 e. The molecule has 27 heavy (non-hydrogen) atoms. The molecule has 4 heterocycles. The number of amides is 1. The van der Waals surface area contributed by atoms with Gasteiger partial charge in [0.1, 0.15) is 6.33 Å². The largest absolute Gasteiger partial charge is 0.332 e. The summed E-state index contributed by atoms with van der Waals surface area (Å²) in [4.78, 5) is 24.1. The minimum atomic E-state index is -0.0753. The van der Waals surface area contributed by atoms with E-state index in [4.69, 9.17) is 10.9 Å². The number of aromatic nitrogens is 4. The lowest BCUT2D eigenvalue weighted by molar-refractivity contribution is 0.0739. The SMILES string of the molecule is C#Cc1ccc2c(c1)C(=O)N1CCC[C@H]1c1c(-c3nc(CC)no3)ncn1-2. The number of fused-ring (bicyclic) bond motifs is 5. The van der Waals surface area contributed by atoms with Gasteiger partial charge in [-0.3, -0.25) is 9.36 Å². The van der Waals surface area contributed by atoms with Crippen molar-refractivity contribution in [2.45, 2.75) is 32.2 Å². The molecule has 0 radical (unpaired) electrons. The first-order valence-corrected chi connectivity index (χ1v) is 9.03. The lowest BCUT2D eigenvalue weighted by Crippen LogP contribution is -2.29. The van der Waals surface area contributed by atoms with E-state index in [-0.39, 0.29) is 11.9 Å². The minimum Gasteiger partial charge on any atom is -0.332 e. The van der Waals surface area contributed by atoms with E-state index < -0.39 is 0 Å². The zero-order chi connectivity index (χ0) is 18.5. The zero-order valence-electron chi connectivity index (χ0n) is 14.8. The summed E-state index contributed by atoms with van der Waals surface area (Å²) < 4.78 is 7.41. The molecular weight excluding hydrogens is 342 g/mol. The number of carbonyl (C=O) groups is 1. The van der Waals surface area contributed by atoms with Crippen LogP contribution < -0.4 is 0 Å². The molecule has 2 aliphatic rings. The van der Waals surface area contributed by atoms with Gasteiger partial charge in [0.25, 0.3) is 11.8 Å². The summed E-state index contributed by atoms with van der Waals surface area (Å²) >= 11 is 0. The van der Waals surface area contributed by atoms with Crippen molar-refractivity contribution in [1.82, 2.24) is 24.6 Å².